The van der Waals surface area contributed by atoms with Gasteiger partial charge in [0.25, 0.3) is 0 Å². The van der Waals surface area contributed by atoms with Crippen molar-refractivity contribution in [3.63, 3.8) is 0 Å². The smallest absolute Gasteiger partial charge is 0.344 e. The Hall–Kier alpha value is -3.58. The summed E-state index contributed by atoms with van der Waals surface area (Å²) in [5.41, 5.74) is 2.36. The molecule has 0 saturated heterocycles. The molecular formula is C24H22N4O2S. The van der Waals surface area contributed by atoms with Crippen molar-refractivity contribution in [1.29, 1.82) is 0 Å². The van der Waals surface area contributed by atoms with E-state index in [0.29, 0.717) is 10.8 Å². The Kier molecular flexibility index (Phi) is 6.33. The molecule has 3 aromatic carbocycles. The summed E-state index contributed by atoms with van der Waals surface area (Å²) in [6.45, 7) is 1.81. The lowest BCUT2D eigenvalue weighted by molar-refractivity contribution is -0.120. The highest BCUT2D eigenvalue weighted by molar-refractivity contribution is 8.00. The van der Waals surface area contributed by atoms with Crippen LogP contribution in [0.15, 0.2) is 101 Å². The Balaban J connectivity index is 1.55. The van der Waals surface area contributed by atoms with Crippen LogP contribution in [0.1, 0.15) is 24.1 Å². The molecule has 0 radical (unpaired) electrons. The number of thioether (sulfide) groups is 1. The fourth-order valence-corrected chi connectivity index (χ4v) is 4.17. The van der Waals surface area contributed by atoms with Gasteiger partial charge in [-0.05, 0) is 30.2 Å². The number of nitrogens with one attached hydrogen (secondary N) is 2. The molecule has 1 aromatic heterocycles. The molecule has 0 spiro atoms. The molecule has 1 atom stereocenters. The molecule has 4 rings (SSSR count). The van der Waals surface area contributed by atoms with Gasteiger partial charge in [0.2, 0.25) is 5.91 Å². The molecule has 4 aromatic rings. The van der Waals surface area contributed by atoms with Crippen molar-refractivity contribution in [2.24, 2.45) is 0 Å². The van der Waals surface area contributed by atoms with Crippen LogP contribution in [0.4, 0.5) is 0 Å². The molecule has 0 saturated carbocycles. The van der Waals surface area contributed by atoms with Crippen LogP contribution in [0.3, 0.4) is 0 Å². The third kappa shape index (κ3) is 4.78. The maximum Gasteiger partial charge on any atom is 0.348 e. The third-order valence-electron chi connectivity index (χ3n) is 4.86. The topological polar surface area (TPSA) is 79.8 Å². The van der Waals surface area contributed by atoms with Crippen LogP contribution in [0.2, 0.25) is 0 Å². The van der Waals surface area contributed by atoms with Crippen molar-refractivity contribution >= 4 is 17.7 Å². The molecule has 1 amide bonds. The first-order valence-electron chi connectivity index (χ1n) is 9.93. The molecular weight excluding hydrogens is 408 g/mol. The normalized spacial score (nSPS) is 11.9. The van der Waals surface area contributed by atoms with Crippen molar-refractivity contribution in [3.05, 3.63) is 113 Å². The SMILES string of the molecule is C[C@H](Sc1n[nH]c(=O)n1-c1ccccc1)C(=O)NC(c1ccccc1)c1ccccc1. The molecule has 0 aliphatic heterocycles. The van der Waals surface area contributed by atoms with Gasteiger partial charge in [-0.2, -0.15) is 0 Å². The Bertz CT molecular complexity index is 1150. The lowest BCUT2D eigenvalue weighted by Crippen LogP contribution is -2.35. The summed E-state index contributed by atoms with van der Waals surface area (Å²) < 4.78 is 1.47. The number of hydrogen-bond donors (Lipinski definition) is 2. The standard InChI is InChI=1S/C24H22N4O2S/c1-17(31-24-27-26-23(30)28(24)20-15-9-4-10-16-20)22(29)25-21(18-11-5-2-6-12-18)19-13-7-3-8-14-19/h2-17,21H,1H3,(H,25,29)(H,26,30)/t17-/m0/s1. The van der Waals surface area contributed by atoms with Crippen LogP contribution >= 0.6 is 11.8 Å². The van der Waals surface area contributed by atoms with Crippen LogP contribution in [0.5, 0.6) is 0 Å². The second-order valence-electron chi connectivity index (χ2n) is 7.01. The largest absolute Gasteiger partial charge is 0.348 e. The first-order chi connectivity index (χ1) is 15.1. The van der Waals surface area contributed by atoms with Crippen molar-refractivity contribution in [2.45, 2.75) is 23.4 Å². The van der Waals surface area contributed by atoms with E-state index in [4.69, 9.17) is 0 Å². The fraction of sp³-hybridized carbons (Fsp3) is 0.125. The summed E-state index contributed by atoms with van der Waals surface area (Å²) in [4.78, 5) is 25.4. The second kappa shape index (κ2) is 9.49. The van der Waals surface area contributed by atoms with Gasteiger partial charge in [-0.15, -0.1) is 5.10 Å². The third-order valence-corrected chi connectivity index (χ3v) is 5.91. The Morgan fingerprint density at radius 2 is 1.42 bits per heavy atom. The van der Waals surface area contributed by atoms with Gasteiger partial charge in [0.1, 0.15) is 0 Å². The zero-order chi connectivity index (χ0) is 21.6. The molecule has 2 N–H and O–H groups in total. The molecule has 31 heavy (non-hydrogen) atoms. The average molecular weight is 431 g/mol. The first-order valence-corrected chi connectivity index (χ1v) is 10.8. The molecule has 0 bridgehead atoms. The predicted molar refractivity (Wildman–Crippen MR) is 122 cm³/mol. The number of H-pyrrole nitrogens is 1. The number of rotatable bonds is 7. The van der Waals surface area contributed by atoms with Gasteiger partial charge in [0.15, 0.2) is 5.16 Å². The van der Waals surface area contributed by atoms with Crippen LogP contribution in [-0.4, -0.2) is 25.9 Å². The van der Waals surface area contributed by atoms with Crippen LogP contribution in [0.25, 0.3) is 5.69 Å². The molecule has 1 heterocycles. The summed E-state index contributed by atoms with van der Waals surface area (Å²) in [5, 5.41) is 9.72. The zero-order valence-electron chi connectivity index (χ0n) is 16.9. The number of benzene rings is 3. The fourth-order valence-electron chi connectivity index (χ4n) is 3.29. The lowest BCUT2D eigenvalue weighted by atomic mass is 9.98. The van der Waals surface area contributed by atoms with E-state index in [2.05, 4.69) is 15.5 Å². The number of aromatic amines is 1. The van der Waals surface area contributed by atoms with Crippen LogP contribution < -0.4 is 11.0 Å². The average Bonchev–Trinajstić information content (AvgIpc) is 3.18. The lowest BCUT2D eigenvalue weighted by Gasteiger charge is -2.22. The number of aromatic nitrogens is 3. The monoisotopic (exact) mass is 430 g/mol. The number of hydrogen-bond acceptors (Lipinski definition) is 4. The van der Waals surface area contributed by atoms with Gasteiger partial charge in [0, 0.05) is 0 Å². The molecule has 156 valence electrons. The van der Waals surface area contributed by atoms with Crippen molar-refractivity contribution < 1.29 is 4.79 Å². The van der Waals surface area contributed by atoms with Crippen molar-refractivity contribution in [3.8, 4) is 5.69 Å². The van der Waals surface area contributed by atoms with Gasteiger partial charge in [-0.25, -0.2) is 14.5 Å². The highest BCUT2D eigenvalue weighted by Crippen LogP contribution is 2.26. The molecule has 7 heteroatoms. The highest BCUT2D eigenvalue weighted by Gasteiger charge is 2.23. The summed E-state index contributed by atoms with van der Waals surface area (Å²) in [7, 11) is 0. The Morgan fingerprint density at radius 3 is 1.97 bits per heavy atom. The number of para-hydroxylation sites is 1. The van der Waals surface area contributed by atoms with E-state index in [9.17, 15) is 9.59 Å². The van der Waals surface area contributed by atoms with Gasteiger partial charge in [-0.3, -0.25) is 4.79 Å². The Morgan fingerprint density at radius 1 is 0.903 bits per heavy atom. The Labute approximate surface area is 184 Å². The molecule has 0 aliphatic carbocycles. The first kappa shape index (κ1) is 20.7. The minimum Gasteiger partial charge on any atom is -0.344 e. The predicted octanol–water partition coefficient (Wildman–Crippen LogP) is 3.95. The van der Waals surface area contributed by atoms with E-state index in [-0.39, 0.29) is 17.6 Å². The minimum absolute atomic E-state index is 0.141. The zero-order valence-corrected chi connectivity index (χ0v) is 17.8. The summed E-state index contributed by atoms with van der Waals surface area (Å²) in [6, 6.07) is 28.7. The number of carbonyl (C=O) groups excluding carboxylic acids is 1. The van der Waals surface area contributed by atoms with Crippen LogP contribution in [-0.2, 0) is 4.79 Å². The summed E-state index contributed by atoms with van der Waals surface area (Å²) in [6.07, 6.45) is 0. The summed E-state index contributed by atoms with van der Waals surface area (Å²) >= 11 is 1.23. The van der Waals surface area contributed by atoms with E-state index in [1.807, 2.05) is 97.9 Å². The van der Waals surface area contributed by atoms with Crippen molar-refractivity contribution in [2.75, 3.05) is 0 Å². The number of nitrogens with zero attached hydrogens (tertiary/aromatic N) is 2. The van der Waals surface area contributed by atoms with Gasteiger partial charge < -0.3 is 5.32 Å². The van der Waals surface area contributed by atoms with E-state index in [1.54, 1.807) is 0 Å². The van der Waals surface area contributed by atoms with E-state index < -0.39 is 5.25 Å². The van der Waals surface area contributed by atoms with Gasteiger partial charge >= 0.3 is 5.69 Å². The molecule has 0 unspecified atom stereocenters. The molecule has 0 fully saturated rings. The van der Waals surface area contributed by atoms with E-state index >= 15 is 0 Å². The van der Waals surface area contributed by atoms with E-state index in [1.165, 1.54) is 16.3 Å². The van der Waals surface area contributed by atoms with E-state index in [0.717, 1.165) is 11.1 Å². The van der Waals surface area contributed by atoms with Crippen molar-refractivity contribution in [1.82, 2.24) is 20.1 Å². The maximum atomic E-state index is 13.1. The van der Waals surface area contributed by atoms with Gasteiger partial charge in [0.05, 0.1) is 17.0 Å². The second-order valence-corrected chi connectivity index (χ2v) is 8.31. The number of carbonyl (C=O) groups is 1. The highest BCUT2D eigenvalue weighted by atomic mass is 32.2. The summed E-state index contributed by atoms with van der Waals surface area (Å²) in [5.74, 6) is -0.141. The van der Waals surface area contributed by atoms with Crippen LogP contribution in [0, 0.1) is 0 Å². The minimum atomic E-state index is -0.465. The quantitative estimate of drug-likeness (QED) is 0.435. The molecule has 6 nitrogen and oxygen atoms in total. The molecule has 0 aliphatic rings. The van der Waals surface area contributed by atoms with Gasteiger partial charge in [-0.1, -0.05) is 90.6 Å². The number of amides is 1. The maximum absolute atomic E-state index is 13.1.